The molecule has 2 saturated heterocycles. The number of hydrogen-bond donors (Lipinski definition) is 2. The molecule has 3 fully saturated rings. The van der Waals surface area contributed by atoms with Crippen LogP contribution in [0.25, 0.3) is 0 Å². The van der Waals surface area contributed by atoms with E-state index in [0.29, 0.717) is 28.1 Å². The van der Waals surface area contributed by atoms with E-state index in [0.717, 1.165) is 57.4 Å². The van der Waals surface area contributed by atoms with Gasteiger partial charge in [0.05, 0.1) is 16.1 Å². The van der Waals surface area contributed by atoms with Gasteiger partial charge in [-0.2, -0.15) is 0 Å². The van der Waals surface area contributed by atoms with Crippen LogP contribution >= 0.6 is 23.2 Å². The van der Waals surface area contributed by atoms with Gasteiger partial charge in [0, 0.05) is 37.8 Å². The van der Waals surface area contributed by atoms with Crippen molar-refractivity contribution in [3.05, 3.63) is 33.8 Å². The molecule has 2 unspecified atom stereocenters. The number of likely N-dealkylation sites (tertiary alicyclic amines) is 1. The normalized spacial score (nSPS) is 29.7. The predicted octanol–water partition coefficient (Wildman–Crippen LogP) is 5.23. The Morgan fingerprint density at radius 3 is 2.46 bits per heavy atom. The molecule has 2 amide bonds. The molecule has 8 heteroatoms. The Labute approximate surface area is 232 Å². The summed E-state index contributed by atoms with van der Waals surface area (Å²) in [4.78, 5) is 31.2. The Bertz CT molecular complexity index is 913. The molecule has 0 bridgehead atoms. The summed E-state index contributed by atoms with van der Waals surface area (Å²) in [7, 11) is 0. The third-order valence-corrected chi connectivity index (χ3v) is 9.16. The van der Waals surface area contributed by atoms with Crippen LogP contribution in [0.2, 0.25) is 10.0 Å². The lowest BCUT2D eigenvalue weighted by Gasteiger charge is -2.35. The molecule has 3 aliphatic rings. The quantitative estimate of drug-likeness (QED) is 0.465. The van der Waals surface area contributed by atoms with Gasteiger partial charge in [0.15, 0.2) is 0 Å². The number of piperidine rings is 1. The number of nitrogens with one attached hydrogen (secondary N) is 2. The second kappa shape index (κ2) is 13.6. The van der Waals surface area contributed by atoms with Crippen molar-refractivity contribution >= 4 is 35.0 Å². The maximum atomic E-state index is 13.8. The van der Waals surface area contributed by atoms with Crippen LogP contribution in [0.3, 0.4) is 0 Å². The molecule has 2 aliphatic heterocycles. The molecular formula is C29H44Cl2N4O2. The molecule has 1 saturated carbocycles. The molecule has 2 heterocycles. The highest BCUT2D eigenvalue weighted by Gasteiger charge is 2.34. The number of carbonyl (C=O) groups excluding carboxylic acids is 2. The lowest BCUT2D eigenvalue weighted by atomic mass is 9.76. The minimum atomic E-state index is -0.213. The van der Waals surface area contributed by atoms with Crippen LogP contribution in [-0.2, 0) is 4.79 Å². The van der Waals surface area contributed by atoms with E-state index in [1.807, 2.05) is 0 Å². The summed E-state index contributed by atoms with van der Waals surface area (Å²) in [6.07, 6.45) is 9.16. The fourth-order valence-electron chi connectivity index (χ4n) is 6.65. The standard InChI is InChI=1S/C29H44Cl2N4O2/c1-20-14-21(2)16-22(15-20)19-35-13-8-24(18-32-28(36)23-6-7-25(30)26(31)17-23)33-27(29(35)37)9-12-34-10-4-3-5-11-34/h6-7,17,20-22,24,27,33H,3-5,8-16,18-19H2,1-2H3,(H,32,36)/t20?,21?,22?,24-,27-/m1/s1. The van der Waals surface area contributed by atoms with Crippen molar-refractivity contribution < 1.29 is 9.59 Å². The fraction of sp³-hybridized carbons (Fsp3) is 0.724. The first-order valence-electron chi connectivity index (χ1n) is 14.3. The van der Waals surface area contributed by atoms with Crippen LogP contribution in [0, 0.1) is 17.8 Å². The van der Waals surface area contributed by atoms with Gasteiger partial charge in [0.1, 0.15) is 0 Å². The lowest BCUT2D eigenvalue weighted by molar-refractivity contribution is -0.134. The Morgan fingerprint density at radius 2 is 1.76 bits per heavy atom. The van der Waals surface area contributed by atoms with Gasteiger partial charge >= 0.3 is 0 Å². The predicted molar refractivity (Wildman–Crippen MR) is 151 cm³/mol. The van der Waals surface area contributed by atoms with Gasteiger partial charge in [-0.25, -0.2) is 0 Å². The van der Waals surface area contributed by atoms with E-state index >= 15 is 0 Å². The summed E-state index contributed by atoms with van der Waals surface area (Å²) in [6, 6.07) is 4.75. The number of rotatable bonds is 8. The number of nitrogens with zero attached hydrogens (tertiary/aromatic N) is 2. The molecular weight excluding hydrogens is 507 g/mol. The van der Waals surface area contributed by atoms with Crippen LogP contribution in [0.5, 0.6) is 0 Å². The van der Waals surface area contributed by atoms with Crippen LogP contribution in [0.15, 0.2) is 18.2 Å². The molecule has 0 spiro atoms. The van der Waals surface area contributed by atoms with Gasteiger partial charge in [-0.3, -0.25) is 9.59 Å². The van der Waals surface area contributed by atoms with Crippen molar-refractivity contribution in [3.8, 4) is 0 Å². The average Bonchev–Trinajstić information content (AvgIpc) is 3.01. The van der Waals surface area contributed by atoms with Crippen molar-refractivity contribution in [2.45, 2.75) is 77.3 Å². The third kappa shape index (κ3) is 8.32. The van der Waals surface area contributed by atoms with E-state index in [-0.39, 0.29) is 23.9 Å². The molecule has 1 aromatic carbocycles. The van der Waals surface area contributed by atoms with Gasteiger partial charge in [-0.1, -0.05) is 43.5 Å². The summed E-state index contributed by atoms with van der Waals surface area (Å²) < 4.78 is 0. The fourth-order valence-corrected chi connectivity index (χ4v) is 6.95. The van der Waals surface area contributed by atoms with Crippen LogP contribution in [0.1, 0.15) is 75.6 Å². The second-order valence-electron chi connectivity index (χ2n) is 11.8. The largest absolute Gasteiger partial charge is 0.350 e. The third-order valence-electron chi connectivity index (χ3n) is 8.42. The maximum Gasteiger partial charge on any atom is 0.251 e. The molecule has 4 rings (SSSR count). The second-order valence-corrected chi connectivity index (χ2v) is 12.6. The van der Waals surface area contributed by atoms with Gasteiger partial charge in [0.25, 0.3) is 5.91 Å². The average molecular weight is 552 g/mol. The molecule has 2 N–H and O–H groups in total. The van der Waals surface area contributed by atoms with E-state index in [1.165, 1.54) is 38.5 Å². The molecule has 4 atom stereocenters. The highest BCUT2D eigenvalue weighted by Crippen LogP contribution is 2.33. The molecule has 0 radical (unpaired) electrons. The Kier molecular flexibility index (Phi) is 10.6. The molecule has 1 aliphatic carbocycles. The molecule has 0 aromatic heterocycles. The highest BCUT2D eigenvalue weighted by molar-refractivity contribution is 6.42. The maximum absolute atomic E-state index is 13.8. The first-order valence-corrected chi connectivity index (χ1v) is 15.0. The Balaban J connectivity index is 1.39. The van der Waals surface area contributed by atoms with Gasteiger partial charge < -0.3 is 20.4 Å². The zero-order valence-corrected chi connectivity index (χ0v) is 24.0. The van der Waals surface area contributed by atoms with Crippen LogP contribution in [-0.4, -0.2) is 73.0 Å². The van der Waals surface area contributed by atoms with Crippen LogP contribution in [0.4, 0.5) is 0 Å². The van der Waals surface area contributed by atoms with Gasteiger partial charge in [-0.15, -0.1) is 0 Å². The SMILES string of the molecule is CC1CC(C)CC(CN2CC[C@H](CNC(=O)c3ccc(Cl)c(Cl)c3)N[C@H](CCN3CCCCC3)C2=O)C1. The molecule has 6 nitrogen and oxygen atoms in total. The van der Waals surface area contributed by atoms with E-state index in [2.05, 4.69) is 34.3 Å². The molecule has 37 heavy (non-hydrogen) atoms. The van der Waals surface area contributed by atoms with Crippen molar-refractivity contribution in [2.24, 2.45) is 17.8 Å². The minimum absolute atomic E-state index is 0.0382. The number of hydrogen-bond acceptors (Lipinski definition) is 4. The molecule has 1 aromatic rings. The number of carbonyl (C=O) groups is 2. The zero-order valence-electron chi connectivity index (χ0n) is 22.5. The smallest absolute Gasteiger partial charge is 0.251 e. The van der Waals surface area contributed by atoms with Crippen molar-refractivity contribution in [3.63, 3.8) is 0 Å². The van der Waals surface area contributed by atoms with E-state index < -0.39 is 0 Å². The first kappa shape index (κ1) is 28.7. The summed E-state index contributed by atoms with van der Waals surface area (Å²) in [5.41, 5.74) is 0.489. The number of benzene rings is 1. The summed E-state index contributed by atoms with van der Waals surface area (Å²) in [6.45, 7) is 9.97. The van der Waals surface area contributed by atoms with Crippen molar-refractivity contribution in [2.75, 3.05) is 39.3 Å². The highest BCUT2D eigenvalue weighted by atomic mass is 35.5. The summed E-state index contributed by atoms with van der Waals surface area (Å²) >= 11 is 12.1. The molecule has 206 valence electrons. The van der Waals surface area contributed by atoms with E-state index in [9.17, 15) is 9.59 Å². The van der Waals surface area contributed by atoms with E-state index in [4.69, 9.17) is 23.2 Å². The zero-order chi connectivity index (χ0) is 26.4. The monoisotopic (exact) mass is 550 g/mol. The first-order chi connectivity index (χ1) is 17.8. The number of amides is 2. The van der Waals surface area contributed by atoms with Crippen LogP contribution < -0.4 is 10.6 Å². The van der Waals surface area contributed by atoms with Gasteiger partial charge in [-0.05, 0) is 94.0 Å². The minimum Gasteiger partial charge on any atom is -0.350 e. The van der Waals surface area contributed by atoms with Crippen molar-refractivity contribution in [1.29, 1.82) is 0 Å². The topological polar surface area (TPSA) is 64.7 Å². The lowest BCUT2D eigenvalue weighted by Crippen LogP contribution is -2.50. The summed E-state index contributed by atoms with van der Waals surface area (Å²) in [5, 5.41) is 7.48. The van der Waals surface area contributed by atoms with E-state index in [1.54, 1.807) is 18.2 Å². The Hall–Kier alpha value is -1.34. The Morgan fingerprint density at radius 1 is 1.03 bits per heavy atom. The van der Waals surface area contributed by atoms with Crippen molar-refractivity contribution in [1.82, 2.24) is 20.4 Å². The number of halogens is 2. The van der Waals surface area contributed by atoms with Gasteiger partial charge in [0.2, 0.25) is 5.91 Å². The summed E-state index contributed by atoms with van der Waals surface area (Å²) in [5.74, 6) is 2.10.